The predicted molar refractivity (Wildman–Crippen MR) is 118 cm³/mol. The Morgan fingerprint density at radius 2 is 2.03 bits per heavy atom. The quantitative estimate of drug-likeness (QED) is 0.603. The number of hydrogen-bond acceptors (Lipinski definition) is 6. The molecule has 1 atom stereocenters. The van der Waals surface area contributed by atoms with Crippen LogP contribution in [0.4, 0.5) is 8.78 Å². The third kappa shape index (κ3) is 6.22. The first-order valence-electron chi connectivity index (χ1n) is 10.6. The number of hydrogen-bond donors (Lipinski definition) is 1. The second-order valence-electron chi connectivity index (χ2n) is 8.57. The zero-order chi connectivity index (χ0) is 23.5. The molecule has 1 saturated heterocycles. The van der Waals surface area contributed by atoms with E-state index in [0.29, 0.717) is 47.8 Å². The predicted octanol–water partition coefficient (Wildman–Crippen LogP) is 2.83. The summed E-state index contributed by atoms with van der Waals surface area (Å²) in [5.74, 6) is -1.57. The van der Waals surface area contributed by atoms with E-state index in [1.165, 1.54) is 0 Å². The van der Waals surface area contributed by atoms with Crippen molar-refractivity contribution in [3.05, 3.63) is 18.0 Å². The van der Waals surface area contributed by atoms with E-state index in [9.17, 15) is 17.8 Å². The average Bonchev–Trinajstić information content (AvgIpc) is 3.06. The summed E-state index contributed by atoms with van der Waals surface area (Å²) in [6.45, 7) is 4.00. The van der Waals surface area contributed by atoms with Gasteiger partial charge in [-0.25, -0.2) is 13.8 Å². The zero-order valence-corrected chi connectivity index (χ0v) is 19.6. The Hall–Kier alpha value is -2.14. The van der Waals surface area contributed by atoms with Gasteiger partial charge in [0.2, 0.25) is 11.7 Å². The highest BCUT2D eigenvalue weighted by Crippen LogP contribution is 2.23. The van der Waals surface area contributed by atoms with Crippen LogP contribution in [0.5, 0.6) is 5.88 Å². The van der Waals surface area contributed by atoms with Crippen molar-refractivity contribution in [3.63, 3.8) is 0 Å². The first-order valence-corrected chi connectivity index (χ1v) is 12.1. The molecule has 2 aromatic rings. The first kappa shape index (κ1) is 24.5. The maximum Gasteiger partial charge on any atom is 0.287 e. The minimum atomic E-state index is -2.90. The van der Waals surface area contributed by atoms with E-state index >= 15 is 0 Å². The number of imidazole rings is 1. The van der Waals surface area contributed by atoms with Crippen LogP contribution in [0.1, 0.15) is 50.7 Å². The molecule has 0 spiro atoms. The number of aryl methyl sites for hydroxylation is 1. The van der Waals surface area contributed by atoms with Crippen molar-refractivity contribution in [2.45, 2.75) is 57.6 Å². The van der Waals surface area contributed by atoms with Crippen LogP contribution in [0, 0.1) is 0 Å². The van der Waals surface area contributed by atoms with Crippen molar-refractivity contribution < 1.29 is 27.3 Å². The van der Waals surface area contributed by atoms with Crippen molar-refractivity contribution in [2.75, 3.05) is 24.7 Å². The number of nitrogens with zero attached hydrogens (tertiary/aromatic N) is 3. The monoisotopic (exact) mass is 472 g/mol. The molecule has 0 saturated carbocycles. The molecule has 8 nitrogen and oxygen atoms in total. The summed E-state index contributed by atoms with van der Waals surface area (Å²) in [5.41, 5.74) is 0.584. The zero-order valence-electron chi connectivity index (χ0n) is 18.8. The molecule has 1 aliphatic heterocycles. The number of aromatic nitrogens is 3. The number of fused-ring (bicyclic) bond motifs is 1. The Morgan fingerprint density at radius 1 is 1.34 bits per heavy atom. The lowest BCUT2D eigenvalue weighted by Gasteiger charge is -2.33. The molecular formula is C21H30F2N4O4S. The summed E-state index contributed by atoms with van der Waals surface area (Å²) in [6.07, 6.45) is 1.32. The van der Waals surface area contributed by atoms with Crippen LogP contribution in [-0.2, 0) is 22.6 Å². The van der Waals surface area contributed by atoms with E-state index < -0.39 is 35.0 Å². The standard InChI is InChI=1S/C21H30F2N4O4S/c1-5-14(31-13-21(3,22)23)12-30-16-7-6-15-17(25-16)27(4)18(24-15)19(28)26-20(2)8-10-32(29)11-9-20/h6-7,14H,5,8-13H2,1-4H3,(H,26,28). The van der Waals surface area contributed by atoms with Gasteiger partial charge < -0.3 is 19.4 Å². The van der Waals surface area contributed by atoms with Crippen LogP contribution in [0.3, 0.4) is 0 Å². The summed E-state index contributed by atoms with van der Waals surface area (Å²) in [5, 5.41) is 3.03. The topological polar surface area (TPSA) is 95.3 Å². The molecule has 0 aromatic carbocycles. The fourth-order valence-electron chi connectivity index (χ4n) is 3.42. The number of carbonyl (C=O) groups excluding carboxylic acids is 1. The molecular weight excluding hydrogens is 442 g/mol. The molecule has 11 heteroatoms. The van der Waals surface area contributed by atoms with Gasteiger partial charge in [0.05, 0.1) is 6.10 Å². The summed E-state index contributed by atoms with van der Waals surface area (Å²) < 4.78 is 50.1. The Morgan fingerprint density at radius 3 is 2.66 bits per heavy atom. The first-order chi connectivity index (χ1) is 15.0. The summed E-state index contributed by atoms with van der Waals surface area (Å²) in [4.78, 5) is 21.7. The lowest BCUT2D eigenvalue weighted by atomic mass is 9.95. The maximum absolute atomic E-state index is 13.0. The van der Waals surface area contributed by atoms with Gasteiger partial charge in [-0.15, -0.1) is 0 Å². The lowest BCUT2D eigenvalue weighted by molar-refractivity contribution is -0.0956. The van der Waals surface area contributed by atoms with Gasteiger partial charge in [0, 0.05) is 47.9 Å². The number of halogens is 2. The molecule has 1 N–H and O–H groups in total. The highest BCUT2D eigenvalue weighted by molar-refractivity contribution is 7.85. The van der Waals surface area contributed by atoms with Crippen molar-refractivity contribution in [2.24, 2.45) is 7.05 Å². The van der Waals surface area contributed by atoms with E-state index in [1.54, 1.807) is 23.7 Å². The molecule has 3 rings (SSSR count). The number of nitrogens with one attached hydrogen (secondary N) is 1. The smallest absolute Gasteiger partial charge is 0.287 e. The normalized spacial score (nSPS) is 22.6. The van der Waals surface area contributed by atoms with E-state index in [1.807, 2.05) is 13.8 Å². The van der Waals surface area contributed by atoms with Gasteiger partial charge >= 0.3 is 0 Å². The third-order valence-electron chi connectivity index (χ3n) is 5.52. The molecule has 3 heterocycles. The van der Waals surface area contributed by atoms with Crippen molar-refractivity contribution in [1.29, 1.82) is 0 Å². The number of carbonyl (C=O) groups is 1. The van der Waals surface area contributed by atoms with E-state index in [2.05, 4.69) is 15.3 Å². The number of amides is 1. The minimum absolute atomic E-state index is 0.0794. The second-order valence-corrected chi connectivity index (χ2v) is 10.3. The molecule has 0 bridgehead atoms. The van der Waals surface area contributed by atoms with Gasteiger partial charge in [-0.05, 0) is 32.3 Å². The van der Waals surface area contributed by atoms with Gasteiger partial charge in [0.1, 0.15) is 18.7 Å². The van der Waals surface area contributed by atoms with Crippen molar-refractivity contribution >= 4 is 27.9 Å². The average molecular weight is 473 g/mol. The Labute approximate surface area is 188 Å². The molecule has 1 unspecified atom stereocenters. The maximum atomic E-state index is 13.0. The molecule has 0 radical (unpaired) electrons. The molecule has 1 aliphatic rings. The summed E-state index contributed by atoms with van der Waals surface area (Å²) in [6, 6.07) is 3.32. The third-order valence-corrected chi connectivity index (χ3v) is 6.84. The van der Waals surface area contributed by atoms with Crippen LogP contribution in [0.2, 0.25) is 0 Å². The molecule has 1 fully saturated rings. The Balaban J connectivity index is 1.68. The fourth-order valence-corrected chi connectivity index (χ4v) is 4.98. The Bertz CT molecular complexity index is 982. The molecule has 2 aromatic heterocycles. The Kier molecular flexibility index (Phi) is 7.49. The van der Waals surface area contributed by atoms with E-state index in [-0.39, 0.29) is 18.3 Å². The van der Waals surface area contributed by atoms with Gasteiger partial charge in [-0.2, -0.15) is 4.98 Å². The highest BCUT2D eigenvalue weighted by Gasteiger charge is 2.32. The van der Waals surface area contributed by atoms with Crippen LogP contribution >= 0.6 is 0 Å². The second kappa shape index (κ2) is 9.78. The molecule has 0 aliphatic carbocycles. The van der Waals surface area contributed by atoms with Crippen LogP contribution < -0.4 is 10.1 Å². The van der Waals surface area contributed by atoms with Crippen LogP contribution in [0.15, 0.2) is 12.1 Å². The van der Waals surface area contributed by atoms with Gasteiger partial charge in [0.25, 0.3) is 11.8 Å². The minimum Gasteiger partial charge on any atom is -0.475 e. The van der Waals surface area contributed by atoms with Crippen LogP contribution in [-0.4, -0.2) is 66.9 Å². The number of pyridine rings is 1. The van der Waals surface area contributed by atoms with Crippen molar-refractivity contribution in [1.82, 2.24) is 19.9 Å². The van der Waals surface area contributed by atoms with Crippen molar-refractivity contribution in [3.8, 4) is 5.88 Å². The van der Waals surface area contributed by atoms with E-state index in [4.69, 9.17) is 9.47 Å². The van der Waals surface area contributed by atoms with Crippen LogP contribution in [0.25, 0.3) is 11.2 Å². The van der Waals surface area contributed by atoms with E-state index in [0.717, 1.165) is 6.92 Å². The SMILES string of the molecule is CCC(COc1ccc2nc(C(=O)NC3(C)CCS(=O)CC3)n(C)c2n1)OCC(C)(F)F. The molecule has 32 heavy (non-hydrogen) atoms. The number of rotatable bonds is 9. The largest absolute Gasteiger partial charge is 0.475 e. The van der Waals surface area contributed by atoms with Gasteiger partial charge in [-0.3, -0.25) is 9.00 Å². The highest BCUT2D eigenvalue weighted by atomic mass is 32.2. The van der Waals surface area contributed by atoms with Gasteiger partial charge in [0.15, 0.2) is 5.65 Å². The summed E-state index contributed by atoms with van der Waals surface area (Å²) >= 11 is 0. The number of ether oxygens (including phenoxy) is 2. The number of alkyl halides is 2. The molecule has 1 amide bonds. The molecule has 178 valence electrons. The fraction of sp³-hybridized carbons (Fsp3) is 0.667. The van der Waals surface area contributed by atoms with Gasteiger partial charge in [-0.1, -0.05) is 6.92 Å². The summed E-state index contributed by atoms with van der Waals surface area (Å²) in [7, 11) is 0.875. The lowest BCUT2D eigenvalue weighted by Crippen LogP contribution is -2.50.